The third-order valence-electron chi connectivity index (χ3n) is 3.20. The monoisotopic (exact) mass is 200 g/mol. The van der Waals surface area contributed by atoms with Crippen molar-refractivity contribution < 1.29 is 0 Å². The summed E-state index contributed by atoms with van der Waals surface area (Å²) in [6.45, 7) is 8.34. The highest BCUT2D eigenvalue weighted by atomic mass is 14.3. The van der Waals surface area contributed by atoms with E-state index in [0.29, 0.717) is 5.41 Å². The van der Waals surface area contributed by atoms with Gasteiger partial charge in [-0.3, -0.25) is 0 Å². The van der Waals surface area contributed by atoms with Crippen LogP contribution < -0.4 is 0 Å². The standard InChI is InChI=1S/C14H21B/c1-4-13(15)8-6-5-7-12-9-10-14(2,3)11-12/h4-6,8,12H,1,7,9-11H2,2-3H3/b6-5-,13-8+. The molecule has 0 aromatic heterocycles. The van der Waals surface area contributed by atoms with Crippen LogP contribution in [0.4, 0.5) is 0 Å². The maximum atomic E-state index is 5.60. The van der Waals surface area contributed by atoms with E-state index in [-0.39, 0.29) is 0 Å². The fourth-order valence-electron chi connectivity index (χ4n) is 2.30. The lowest BCUT2D eigenvalue weighted by atomic mass is 9.90. The highest BCUT2D eigenvalue weighted by Gasteiger charge is 2.29. The molecule has 1 aliphatic rings. The lowest BCUT2D eigenvalue weighted by Crippen LogP contribution is -2.04. The van der Waals surface area contributed by atoms with Crippen LogP contribution in [0.5, 0.6) is 0 Å². The molecule has 2 radical (unpaired) electrons. The van der Waals surface area contributed by atoms with Gasteiger partial charge in [0.2, 0.25) is 0 Å². The summed E-state index contributed by atoms with van der Waals surface area (Å²) < 4.78 is 0. The maximum absolute atomic E-state index is 5.60. The van der Waals surface area contributed by atoms with Gasteiger partial charge in [0.15, 0.2) is 0 Å². The second-order valence-corrected chi connectivity index (χ2v) is 5.31. The van der Waals surface area contributed by atoms with Crippen LogP contribution in [0.2, 0.25) is 0 Å². The number of allylic oxidation sites excluding steroid dienone is 5. The van der Waals surface area contributed by atoms with Gasteiger partial charge >= 0.3 is 0 Å². The third-order valence-corrected chi connectivity index (χ3v) is 3.20. The first-order valence-electron chi connectivity index (χ1n) is 5.78. The molecule has 0 nitrogen and oxygen atoms in total. The fourth-order valence-corrected chi connectivity index (χ4v) is 2.30. The van der Waals surface area contributed by atoms with E-state index < -0.39 is 0 Å². The average molecular weight is 200 g/mol. The molecule has 0 aromatic carbocycles. The minimum Gasteiger partial charge on any atom is -0.0997 e. The van der Waals surface area contributed by atoms with E-state index in [2.05, 4.69) is 26.5 Å². The van der Waals surface area contributed by atoms with Gasteiger partial charge in [0.1, 0.15) is 7.85 Å². The molecule has 0 spiro atoms. The third kappa shape index (κ3) is 4.55. The van der Waals surface area contributed by atoms with Gasteiger partial charge in [-0.1, -0.05) is 50.2 Å². The highest BCUT2D eigenvalue weighted by Crippen LogP contribution is 2.42. The average Bonchev–Trinajstić information content (AvgIpc) is 2.52. The summed E-state index contributed by atoms with van der Waals surface area (Å²) in [5.41, 5.74) is 1.30. The molecule has 1 unspecified atom stereocenters. The molecule has 1 fully saturated rings. The zero-order chi connectivity index (χ0) is 11.3. The predicted molar refractivity (Wildman–Crippen MR) is 68.9 cm³/mol. The van der Waals surface area contributed by atoms with Gasteiger partial charge in [-0.25, -0.2) is 0 Å². The first-order chi connectivity index (χ1) is 7.03. The van der Waals surface area contributed by atoms with Crippen LogP contribution in [-0.2, 0) is 0 Å². The Bertz CT molecular complexity index is 271. The van der Waals surface area contributed by atoms with Gasteiger partial charge in [0, 0.05) is 0 Å². The fraction of sp³-hybridized carbons (Fsp3) is 0.571. The van der Waals surface area contributed by atoms with E-state index >= 15 is 0 Å². The lowest BCUT2D eigenvalue weighted by Gasteiger charge is -2.16. The first-order valence-corrected chi connectivity index (χ1v) is 5.78. The highest BCUT2D eigenvalue weighted by molar-refractivity contribution is 6.23. The second-order valence-electron chi connectivity index (χ2n) is 5.31. The summed E-state index contributed by atoms with van der Waals surface area (Å²) >= 11 is 0. The topological polar surface area (TPSA) is 0 Å². The van der Waals surface area contributed by atoms with E-state index in [1.807, 2.05) is 12.2 Å². The van der Waals surface area contributed by atoms with Gasteiger partial charge in [-0.05, 0) is 37.0 Å². The molecule has 0 amide bonds. The molecule has 0 aliphatic heterocycles. The summed E-state index contributed by atoms with van der Waals surface area (Å²) in [5.74, 6) is 0.870. The number of rotatable bonds is 4. The van der Waals surface area contributed by atoms with Gasteiger partial charge in [0.05, 0.1) is 0 Å². The molecule has 0 aromatic rings. The zero-order valence-electron chi connectivity index (χ0n) is 10.00. The van der Waals surface area contributed by atoms with Crippen LogP contribution in [0, 0.1) is 11.3 Å². The molecule has 0 heterocycles. The Morgan fingerprint density at radius 1 is 1.53 bits per heavy atom. The van der Waals surface area contributed by atoms with Crippen LogP contribution in [0.25, 0.3) is 0 Å². The number of hydrogen-bond donors (Lipinski definition) is 0. The van der Waals surface area contributed by atoms with Crippen molar-refractivity contribution in [3.8, 4) is 0 Å². The van der Waals surface area contributed by atoms with Crippen molar-refractivity contribution in [1.29, 1.82) is 0 Å². The van der Waals surface area contributed by atoms with E-state index in [4.69, 9.17) is 7.85 Å². The summed E-state index contributed by atoms with van der Waals surface area (Å²) in [5, 5.41) is 0. The first kappa shape index (κ1) is 12.4. The van der Waals surface area contributed by atoms with Crippen LogP contribution in [0.1, 0.15) is 39.5 Å². The summed E-state index contributed by atoms with van der Waals surface area (Å²) in [4.78, 5) is 0. The summed E-state index contributed by atoms with van der Waals surface area (Å²) in [6, 6.07) is 0. The van der Waals surface area contributed by atoms with Crippen molar-refractivity contribution >= 4 is 7.85 Å². The molecule has 80 valence electrons. The van der Waals surface area contributed by atoms with Crippen molar-refractivity contribution in [2.24, 2.45) is 11.3 Å². The minimum atomic E-state index is 0.564. The second kappa shape index (κ2) is 5.39. The van der Waals surface area contributed by atoms with Crippen molar-refractivity contribution in [3.05, 3.63) is 36.4 Å². The maximum Gasteiger partial charge on any atom is 0.113 e. The van der Waals surface area contributed by atoms with Gasteiger partial charge in [-0.2, -0.15) is 0 Å². The van der Waals surface area contributed by atoms with E-state index in [0.717, 1.165) is 11.4 Å². The van der Waals surface area contributed by atoms with Crippen LogP contribution >= 0.6 is 0 Å². The van der Waals surface area contributed by atoms with E-state index in [1.165, 1.54) is 25.7 Å². The van der Waals surface area contributed by atoms with Gasteiger partial charge in [-0.15, -0.1) is 0 Å². The Kier molecular flexibility index (Phi) is 4.44. The van der Waals surface area contributed by atoms with Crippen molar-refractivity contribution in [3.63, 3.8) is 0 Å². The SMILES string of the molecule is [B]/C(C=C)=C/C=C\CC1CCC(C)(C)C1. The normalized spacial score (nSPS) is 26.0. The van der Waals surface area contributed by atoms with E-state index in [9.17, 15) is 0 Å². The molecule has 0 saturated heterocycles. The minimum absolute atomic E-state index is 0.564. The Morgan fingerprint density at radius 3 is 2.80 bits per heavy atom. The van der Waals surface area contributed by atoms with Crippen molar-refractivity contribution in [2.75, 3.05) is 0 Å². The summed E-state index contributed by atoms with van der Waals surface area (Å²) in [7, 11) is 5.60. The molecule has 0 N–H and O–H groups in total. The molecule has 1 saturated carbocycles. The van der Waals surface area contributed by atoms with Crippen molar-refractivity contribution in [1.82, 2.24) is 0 Å². The molecular weight excluding hydrogens is 179 g/mol. The molecule has 1 heteroatoms. The summed E-state index contributed by atoms with van der Waals surface area (Å²) in [6.07, 6.45) is 13.1. The van der Waals surface area contributed by atoms with E-state index in [1.54, 1.807) is 6.08 Å². The van der Waals surface area contributed by atoms with Crippen LogP contribution in [0.15, 0.2) is 36.4 Å². The zero-order valence-corrected chi connectivity index (χ0v) is 10.00. The largest absolute Gasteiger partial charge is 0.113 e. The smallest absolute Gasteiger partial charge is 0.0997 e. The molecule has 1 aliphatic carbocycles. The van der Waals surface area contributed by atoms with Gasteiger partial charge < -0.3 is 0 Å². The Morgan fingerprint density at radius 2 is 2.27 bits per heavy atom. The van der Waals surface area contributed by atoms with Crippen LogP contribution in [-0.4, -0.2) is 7.85 Å². The lowest BCUT2D eigenvalue weighted by molar-refractivity contribution is 0.361. The predicted octanol–water partition coefficient (Wildman–Crippen LogP) is 4.00. The molecule has 1 rings (SSSR count). The quantitative estimate of drug-likeness (QED) is 0.475. The molecule has 1 atom stereocenters. The van der Waals surface area contributed by atoms with Crippen molar-refractivity contribution in [2.45, 2.75) is 39.5 Å². The van der Waals surface area contributed by atoms with Gasteiger partial charge in [0.25, 0.3) is 0 Å². The number of hydrogen-bond acceptors (Lipinski definition) is 0. The molecular formula is C14H21B. The Hall–Kier alpha value is -0.715. The molecule has 15 heavy (non-hydrogen) atoms. The molecule has 0 bridgehead atoms. The Balaban J connectivity index is 2.30. The van der Waals surface area contributed by atoms with Crippen LogP contribution in [0.3, 0.4) is 0 Å². The Labute approximate surface area is 95.6 Å².